The number of carbonyl (C=O) groups is 1. The standard InChI is InChI=1S/C21H23N3O/c25-21(20-14-17-7-3-4-9-19(17)23-20)22-11-5-12-24-13-10-16-6-1-2-8-18(16)15-24/h1-4,6-9,14,23H,5,10-13,15H2,(H,22,25). The molecule has 2 aromatic carbocycles. The molecule has 1 aromatic heterocycles. The molecule has 0 saturated carbocycles. The number of rotatable bonds is 5. The maximum absolute atomic E-state index is 12.3. The molecule has 4 nitrogen and oxygen atoms in total. The van der Waals surface area contributed by atoms with E-state index in [2.05, 4.69) is 39.5 Å². The van der Waals surface area contributed by atoms with Gasteiger partial charge in [0.05, 0.1) is 0 Å². The van der Waals surface area contributed by atoms with Crippen LogP contribution >= 0.6 is 0 Å². The van der Waals surface area contributed by atoms with Crippen LogP contribution in [-0.2, 0) is 13.0 Å². The van der Waals surface area contributed by atoms with Crippen LogP contribution in [0.5, 0.6) is 0 Å². The number of aromatic amines is 1. The zero-order chi connectivity index (χ0) is 17.1. The van der Waals surface area contributed by atoms with Crippen molar-refractivity contribution in [2.24, 2.45) is 0 Å². The van der Waals surface area contributed by atoms with E-state index in [0.29, 0.717) is 12.2 Å². The van der Waals surface area contributed by atoms with Gasteiger partial charge in [0.25, 0.3) is 5.91 Å². The van der Waals surface area contributed by atoms with Crippen LogP contribution in [0.4, 0.5) is 0 Å². The van der Waals surface area contributed by atoms with Gasteiger partial charge in [0.15, 0.2) is 0 Å². The first-order valence-electron chi connectivity index (χ1n) is 8.95. The van der Waals surface area contributed by atoms with Gasteiger partial charge in [0.2, 0.25) is 0 Å². The summed E-state index contributed by atoms with van der Waals surface area (Å²) >= 11 is 0. The molecular weight excluding hydrogens is 310 g/mol. The molecule has 25 heavy (non-hydrogen) atoms. The Morgan fingerprint density at radius 1 is 1.08 bits per heavy atom. The number of hydrogen-bond donors (Lipinski definition) is 2. The van der Waals surface area contributed by atoms with Gasteiger partial charge in [-0.3, -0.25) is 9.69 Å². The highest BCUT2D eigenvalue weighted by molar-refractivity contribution is 5.97. The van der Waals surface area contributed by atoms with Crippen LogP contribution in [0.1, 0.15) is 28.0 Å². The second-order valence-corrected chi connectivity index (χ2v) is 6.67. The van der Waals surface area contributed by atoms with Crippen LogP contribution in [0.15, 0.2) is 54.6 Å². The van der Waals surface area contributed by atoms with Crippen molar-refractivity contribution < 1.29 is 4.79 Å². The molecule has 0 unspecified atom stereocenters. The van der Waals surface area contributed by atoms with E-state index in [1.165, 1.54) is 11.1 Å². The molecular formula is C21H23N3O. The first-order chi connectivity index (χ1) is 12.3. The van der Waals surface area contributed by atoms with Gasteiger partial charge in [-0.1, -0.05) is 42.5 Å². The Kier molecular flexibility index (Phi) is 4.53. The largest absolute Gasteiger partial charge is 0.351 e. The first kappa shape index (κ1) is 15.9. The minimum Gasteiger partial charge on any atom is -0.351 e. The van der Waals surface area contributed by atoms with Gasteiger partial charge < -0.3 is 10.3 Å². The number of hydrogen-bond acceptors (Lipinski definition) is 2. The number of carbonyl (C=O) groups excluding carboxylic acids is 1. The average molecular weight is 333 g/mol. The summed E-state index contributed by atoms with van der Waals surface area (Å²) < 4.78 is 0. The van der Waals surface area contributed by atoms with Crippen molar-refractivity contribution in [1.29, 1.82) is 0 Å². The van der Waals surface area contributed by atoms with Crippen molar-refractivity contribution in [1.82, 2.24) is 15.2 Å². The van der Waals surface area contributed by atoms with Crippen LogP contribution in [-0.4, -0.2) is 35.4 Å². The highest BCUT2D eigenvalue weighted by Crippen LogP contribution is 2.18. The van der Waals surface area contributed by atoms with Gasteiger partial charge in [-0.25, -0.2) is 0 Å². The highest BCUT2D eigenvalue weighted by Gasteiger charge is 2.15. The monoisotopic (exact) mass is 333 g/mol. The second kappa shape index (κ2) is 7.11. The molecule has 2 heterocycles. The summed E-state index contributed by atoms with van der Waals surface area (Å²) in [5.74, 6) is -0.0276. The van der Waals surface area contributed by atoms with Gasteiger partial charge in [0.1, 0.15) is 5.69 Å². The summed E-state index contributed by atoms with van der Waals surface area (Å²) in [6.07, 6.45) is 2.09. The number of amides is 1. The summed E-state index contributed by atoms with van der Waals surface area (Å²) in [6.45, 7) is 3.84. The molecule has 2 N–H and O–H groups in total. The third-order valence-corrected chi connectivity index (χ3v) is 4.92. The fraction of sp³-hybridized carbons (Fsp3) is 0.286. The normalized spacial score (nSPS) is 14.4. The molecule has 1 aliphatic rings. The fourth-order valence-corrected chi connectivity index (χ4v) is 3.54. The van der Waals surface area contributed by atoms with Crippen molar-refractivity contribution >= 4 is 16.8 Å². The molecule has 1 aliphatic heterocycles. The third-order valence-electron chi connectivity index (χ3n) is 4.92. The van der Waals surface area contributed by atoms with Crippen LogP contribution in [0, 0.1) is 0 Å². The van der Waals surface area contributed by atoms with E-state index < -0.39 is 0 Å². The zero-order valence-electron chi connectivity index (χ0n) is 14.3. The number of nitrogens with one attached hydrogen (secondary N) is 2. The lowest BCUT2D eigenvalue weighted by Gasteiger charge is -2.28. The Hall–Kier alpha value is -2.59. The van der Waals surface area contributed by atoms with Gasteiger partial charge in [-0.05, 0) is 36.1 Å². The maximum atomic E-state index is 12.3. The first-order valence-corrected chi connectivity index (χ1v) is 8.95. The van der Waals surface area contributed by atoms with Crippen LogP contribution in [0.3, 0.4) is 0 Å². The van der Waals surface area contributed by atoms with Gasteiger partial charge >= 0.3 is 0 Å². The summed E-state index contributed by atoms with van der Waals surface area (Å²) in [5, 5.41) is 4.09. The van der Waals surface area contributed by atoms with Crippen molar-refractivity contribution in [3.05, 3.63) is 71.4 Å². The number of benzene rings is 2. The summed E-state index contributed by atoms with van der Waals surface area (Å²) in [5.41, 5.74) is 4.55. The fourth-order valence-electron chi connectivity index (χ4n) is 3.54. The average Bonchev–Trinajstić information content (AvgIpc) is 3.09. The minimum absolute atomic E-state index is 0.0276. The number of para-hydroxylation sites is 1. The predicted molar refractivity (Wildman–Crippen MR) is 101 cm³/mol. The molecule has 0 atom stereocenters. The number of nitrogens with zero attached hydrogens (tertiary/aromatic N) is 1. The molecule has 128 valence electrons. The lowest BCUT2D eigenvalue weighted by Crippen LogP contribution is -2.33. The number of fused-ring (bicyclic) bond motifs is 2. The Balaban J connectivity index is 1.25. The van der Waals surface area contributed by atoms with E-state index in [0.717, 1.165) is 43.4 Å². The SMILES string of the molecule is O=C(NCCCN1CCc2ccccc2C1)c1cc2ccccc2[nH]1. The van der Waals surface area contributed by atoms with Crippen molar-refractivity contribution in [2.45, 2.75) is 19.4 Å². The van der Waals surface area contributed by atoms with Crippen LogP contribution < -0.4 is 5.32 Å². The van der Waals surface area contributed by atoms with Crippen molar-refractivity contribution in [3.8, 4) is 0 Å². The second-order valence-electron chi connectivity index (χ2n) is 6.67. The van der Waals surface area contributed by atoms with E-state index in [9.17, 15) is 4.79 Å². The lowest BCUT2D eigenvalue weighted by atomic mass is 10.00. The molecule has 0 bridgehead atoms. The molecule has 0 spiro atoms. The number of aromatic nitrogens is 1. The van der Waals surface area contributed by atoms with Gasteiger partial charge in [0, 0.05) is 37.1 Å². The van der Waals surface area contributed by atoms with E-state index in [4.69, 9.17) is 0 Å². The minimum atomic E-state index is -0.0276. The zero-order valence-corrected chi connectivity index (χ0v) is 14.3. The van der Waals surface area contributed by atoms with Gasteiger partial charge in [-0.2, -0.15) is 0 Å². The third kappa shape index (κ3) is 3.59. The lowest BCUT2D eigenvalue weighted by molar-refractivity contribution is 0.0947. The summed E-state index contributed by atoms with van der Waals surface area (Å²) in [7, 11) is 0. The number of H-pyrrole nitrogens is 1. The smallest absolute Gasteiger partial charge is 0.267 e. The molecule has 0 aliphatic carbocycles. The Labute approximate surface area is 147 Å². The predicted octanol–water partition coefficient (Wildman–Crippen LogP) is 3.35. The topological polar surface area (TPSA) is 48.1 Å². The van der Waals surface area contributed by atoms with E-state index >= 15 is 0 Å². The van der Waals surface area contributed by atoms with Crippen molar-refractivity contribution in [2.75, 3.05) is 19.6 Å². The van der Waals surface area contributed by atoms with Crippen molar-refractivity contribution in [3.63, 3.8) is 0 Å². The molecule has 0 fully saturated rings. The van der Waals surface area contributed by atoms with E-state index in [-0.39, 0.29) is 5.91 Å². The van der Waals surface area contributed by atoms with E-state index in [1.54, 1.807) is 0 Å². The molecule has 0 radical (unpaired) electrons. The Morgan fingerprint density at radius 2 is 1.88 bits per heavy atom. The molecule has 3 aromatic rings. The molecule has 1 amide bonds. The molecule has 0 saturated heterocycles. The quantitative estimate of drug-likeness (QED) is 0.704. The van der Waals surface area contributed by atoms with Gasteiger partial charge in [-0.15, -0.1) is 0 Å². The highest BCUT2D eigenvalue weighted by atomic mass is 16.1. The molecule has 4 heteroatoms. The molecule has 4 rings (SSSR count). The summed E-state index contributed by atoms with van der Waals surface area (Å²) in [6, 6.07) is 18.5. The maximum Gasteiger partial charge on any atom is 0.267 e. The summed E-state index contributed by atoms with van der Waals surface area (Å²) in [4.78, 5) is 17.9. The van der Waals surface area contributed by atoms with Crippen LogP contribution in [0.25, 0.3) is 10.9 Å². The Morgan fingerprint density at radius 3 is 2.76 bits per heavy atom. The van der Waals surface area contributed by atoms with Crippen LogP contribution in [0.2, 0.25) is 0 Å². The van der Waals surface area contributed by atoms with E-state index in [1.807, 2.05) is 30.3 Å². The Bertz CT molecular complexity index is 850.